The maximum Gasteiger partial charge on any atom is 0.192 e. The van der Waals surface area contributed by atoms with Crippen molar-refractivity contribution in [1.29, 1.82) is 0 Å². The highest BCUT2D eigenvalue weighted by atomic mass is 35.5. The van der Waals surface area contributed by atoms with Crippen molar-refractivity contribution in [3.8, 4) is 0 Å². The van der Waals surface area contributed by atoms with Gasteiger partial charge in [-0.2, -0.15) is 0 Å². The fraction of sp³-hybridized carbons (Fsp3) is 0.625. The summed E-state index contributed by atoms with van der Waals surface area (Å²) >= 11 is 6.29. The van der Waals surface area contributed by atoms with Crippen LogP contribution >= 0.6 is 11.6 Å². The topological polar surface area (TPSA) is 21.3 Å². The van der Waals surface area contributed by atoms with E-state index in [4.69, 9.17) is 16.0 Å². The normalized spacial score (nSPS) is 12.8. The van der Waals surface area contributed by atoms with E-state index in [0.29, 0.717) is 6.61 Å². The van der Waals surface area contributed by atoms with Crippen LogP contribution in [0.4, 0.5) is 0 Å². The summed E-state index contributed by atoms with van der Waals surface area (Å²) in [5.74, 6) is 0. The monoisotopic (exact) mass is 313 g/mol. The number of hydrogen-bond donors (Lipinski definition) is 1. The second-order valence-electron chi connectivity index (χ2n) is 6.76. The molecule has 1 N–H and O–H groups in total. The summed E-state index contributed by atoms with van der Waals surface area (Å²) in [6.07, 6.45) is 0. The van der Waals surface area contributed by atoms with Crippen LogP contribution in [0.2, 0.25) is 23.2 Å². The van der Waals surface area contributed by atoms with Crippen LogP contribution in [0.3, 0.4) is 0 Å². The minimum atomic E-state index is -1.73. The van der Waals surface area contributed by atoms with E-state index in [1.807, 2.05) is 6.07 Å². The quantitative estimate of drug-likeness (QED) is 0.748. The molecule has 2 nitrogen and oxygen atoms in total. The van der Waals surface area contributed by atoms with Crippen molar-refractivity contribution in [1.82, 2.24) is 5.32 Å². The Morgan fingerprint density at radius 3 is 2.45 bits per heavy atom. The van der Waals surface area contributed by atoms with Gasteiger partial charge in [-0.3, -0.25) is 0 Å². The summed E-state index contributed by atoms with van der Waals surface area (Å²) < 4.78 is 6.25. The smallest absolute Gasteiger partial charge is 0.192 e. The van der Waals surface area contributed by atoms with Crippen molar-refractivity contribution in [2.75, 3.05) is 6.54 Å². The van der Waals surface area contributed by atoms with Crippen LogP contribution in [0.5, 0.6) is 0 Å². The van der Waals surface area contributed by atoms with Gasteiger partial charge in [0.15, 0.2) is 8.32 Å². The lowest BCUT2D eigenvalue weighted by atomic mass is 10.1. The number of nitrogens with one attached hydrogen (secondary N) is 1. The molecule has 4 heteroatoms. The molecule has 20 heavy (non-hydrogen) atoms. The third kappa shape index (κ3) is 4.88. The van der Waals surface area contributed by atoms with Crippen molar-refractivity contribution in [2.24, 2.45) is 0 Å². The van der Waals surface area contributed by atoms with E-state index in [1.165, 1.54) is 5.56 Å². The Bertz CT molecular complexity index is 441. The highest BCUT2D eigenvalue weighted by Crippen LogP contribution is 2.37. The highest BCUT2D eigenvalue weighted by Gasteiger charge is 2.37. The molecule has 0 aliphatic rings. The second-order valence-corrected chi connectivity index (χ2v) is 12.0. The SMILES string of the molecule is CCNCc1ccc(Cl)c(CO[Si](C)(C)C(C)(C)C)c1. The summed E-state index contributed by atoms with van der Waals surface area (Å²) in [5.41, 5.74) is 2.34. The molecule has 0 atom stereocenters. The molecule has 0 heterocycles. The molecule has 0 amide bonds. The molecule has 0 unspecified atom stereocenters. The minimum Gasteiger partial charge on any atom is -0.413 e. The second kappa shape index (κ2) is 7.08. The van der Waals surface area contributed by atoms with Crippen molar-refractivity contribution in [3.05, 3.63) is 34.3 Å². The Morgan fingerprint density at radius 1 is 1.25 bits per heavy atom. The van der Waals surface area contributed by atoms with Crippen LogP contribution in [0.1, 0.15) is 38.8 Å². The van der Waals surface area contributed by atoms with E-state index < -0.39 is 8.32 Å². The molecule has 0 aliphatic carbocycles. The fourth-order valence-corrected chi connectivity index (χ4v) is 2.71. The maximum absolute atomic E-state index is 6.29. The molecule has 114 valence electrons. The molecule has 0 bridgehead atoms. The van der Waals surface area contributed by atoms with Gasteiger partial charge >= 0.3 is 0 Å². The fourth-order valence-electron chi connectivity index (χ4n) is 1.59. The molecule has 0 radical (unpaired) electrons. The van der Waals surface area contributed by atoms with Gasteiger partial charge in [0.05, 0.1) is 6.61 Å². The molecule has 1 aromatic carbocycles. The van der Waals surface area contributed by atoms with Crippen molar-refractivity contribution in [3.63, 3.8) is 0 Å². The third-order valence-electron chi connectivity index (χ3n) is 4.08. The number of hydrogen-bond acceptors (Lipinski definition) is 2. The van der Waals surface area contributed by atoms with Crippen LogP contribution in [-0.4, -0.2) is 14.9 Å². The lowest BCUT2D eigenvalue weighted by molar-refractivity contribution is 0.276. The average Bonchev–Trinajstić information content (AvgIpc) is 2.35. The van der Waals surface area contributed by atoms with Crippen LogP contribution in [0.15, 0.2) is 18.2 Å². The first kappa shape index (κ1) is 17.7. The molecular weight excluding hydrogens is 286 g/mol. The zero-order valence-corrected chi connectivity index (χ0v) is 15.4. The standard InChI is InChI=1S/C16H28ClNOSi/c1-7-18-11-13-8-9-15(17)14(10-13)12-19-20(5,6)16(2,3)4/h8-10,18H,7,11-12H2,1-6H3. The van der Waals surface area contributed by atoms with Gasteiger partial charge in [-0.05, 0) is 41.9 Å². The Morgan fingerprint density at radius 2 is 1.90 bits per heavy atom. The lowest BCUT2D eigenvalue weighted by Gasteiger charge is -2.36. The van der Waals surface area contributed by atoms with Gasteiger partial charge in [-0.25, -0.2) is 0 Å². The summed E-state index contributed by atoms with van der Waals surface area (Å²) in [5, 5.41) is 4.35. The number of rotatable bonds is 6. The van der Waals surface area contributed by atoms with Gasteiger partial charge in [-0.1, -0.05) is 51.4 Å². The molecule has 0 saturated carbocycles. The summed E-state index contributed by atoms with van der Waals surface area (Å²) in [6, 6.07) is 6.19. The van der Waals surface area contributed by atoms with E-state index in [-0.39, 0.29) is 5.04 Å². The first-order valence-electron chi connectivity index (χ1n) is 7.29. The Kier molecular flexibility index (Phi) is 6.26. The van der Waals surface area contributed by atoms with Gasteiger partial charge < -0.3 is 9.74 Å². The number of benzene rings is 1. The van der Waals surface area contributed by atoms with Gasteiger partial charge in [0.25, 0.3) is 0 Å². The van der Waals surface area contributed by atoms with Gasteiger partial charge in [0.2, 0.25) is 0 Å². The van der Waals surface area contributed by atoms with Gasteiger partial charge in [-0.15, -0.1) is 0 Å². The Labute approximate surface area is 130 Å². The predicted octanol–water partition coefficient (Wildman–Crippen LogP) is 4.97. The zero-order valence-electron chi connectivity index (χ0n) is 13.6. The van der Waals surface area contributed by atoms with Crippen molar-refractivity contribution in [2.45, 2.75) is 59.0 Å². The van der Waals surface area contributed by atoms with Crippen molar-refractivity contribution < 1.29 is 4.43 Å². The van der Waals surface area contributed by atoms with Crippen molar-refractivity contribution >= 4 is 19.9 Å². The van der Waals surface area contributed by atoms with E-state index in [0.717, 1.165) is 23.7 Å². The van der Waals surface area contributed by atoms with Gasteiger partial charge in [0, 0.05) is 11.6 Å². The average molecular weight is 314 g/mol. The van der Waals surface area contributed by atoms with Crippen LogP contribution < -0.4 is 5.32 Å². The van der Waals surface area contributed by atoms with E-state index in [2.05, 4.69) is 58.2 Å². The molecule has 0 aliphatic heterocycles. The molecule has 0 saturated heterocycles. The third-order valence-corrected chi connectivity index (χ3v) is 8.93. The van der Waals surface area contributed by atoms with Gasteiger partial charge in [0.1, 0.15) is 0 Å². The largest absolute Gasteiger partial charge is 0.413 e. The Hall–Kier alpha value is -0.353. The van der Waals surface area contributed by atoms with E-state index in [1.54, 1.807) is 0 Å². The molecule has 1 rings (SSSR count). The Balaban J connectivity index is 2.77. The first-order valence-corrected chi connectivity index (χ1v) is 10.6. The summed E-state index contributed by atoms with van der Waals surface area (Å²) in [7, 11) is -1.73. The van der Waals surface area contributed by atoms with Crippen LogP contribution in [-0.2, 0) is 17.6 Å². The van der Waals surface area contributed by atoms with E-state index >= 15 is 0 Å². The molecule has 1 aromatic rings. The molecule has 0 spiro atoms. The summed E-state index contributed by atoms with van der Waals surface area (Å²) in [6.45, 7) is 15.9. The minimum absolute atomic E-state index is 0.223. The maximum atomic E-state index is 6.29. The first-order chi connectivity index (χ1) is 9.17. The van der Waals surface area contributed by atoms with Crippen LogP contribution in [0, 0.1) is 0 Å². The zero-order chi connectivity index (χ0) is 15.4. The molecule has 0 fully saturated rings. The summed E-state index contributed by atoms with van der Waals surface area (Å²) in [4.78, 5) is 0. The van der Waals surface area contributed by atoms with E-state index in [9.17, 15) is 0 Å². The lowest BCUT2D eigenvalue weighted by Crippen LogP contribution is -2.40. The van der Waals surface area contributed by atoms with Crippen LogP contribution in [0.25, 0.3) is 0 Å². The highest BCUT2D eigenvalue weighted by molar-refractivity contribution is 6.74. The predicted molar refractivity (Wildman–Crippen MR) is 90.8 cm³/mol. The molecule has 0 aromatic heterocycles. The number of halogens is 1. The molecular formula is C16H28ClNOSi.